The molecule has 2 amide bonds. The van der Waals surface area contributed by atoms with Crippen molar-refractivity contribution in [3.8, 4) is 28.4 Å². The number of amides is 2. The van der Waals surface area contributed by atoms with Gasteiger partial charge in [0.2, 0.25) is 5.91 Å². The highest BCUT2D eigenvalue weighted by atomic mass is 79.9. The number of rotatable bonds is 12. The molecule has 1 aliphatic heterocycles. The van der Waals surface area contributed by atoms with Gasteiger partial charge in [-0.05, 0) is 53.9 Å². The molecule has 1 atom stereocenters. The third-order valence-electron chi connectivity index (χ3n) is 7.36. The monoisotopic (exact) mass is 656 g/mol. The van der Waals surface area contributed by atoms with E-state index < -0.39 is 17.9 Å². The van der Waals surface area contributed by atoms with Gasteiger partial charge in [0, 0.05) is 23.0 Å². The topological polar surface area (TPSA) is 94.2 Å². The maximum absolute atomic E-state index is 13.6. The first-order chi connectivity index (χ1) is 21.4. The van der Waals surface area contributed by atoms with Crippen molar-refractivity contribution >= 4 is 33.7 Å². The number of ether oxygens (including phenoxy) is 3. The number of hydrogen-bond donors (Lipinski definition) is 1. The average molecular weight is 658 g/mol. The van der Waals surface area contributed by atoms with E-state index >= 15 is 0 Å². The van der Waals surface area contributed by atoms with E-state index in [9.17, 15) is 14.4 Å². The minimum Gasteiger partial charge on any atom is -0.491 e. The van der Waals surface area contributed by atoms with Crippen LogP contribution in [0.5, 0.6) is 17.2 Å². The van der Waals surface area contributed by atoms with Gasteiger partial charge in [-0.2, -0.15) is 0 Å². The normalized spacial score (nSPS) is 13.3. The highest BCUT2D eigenvalue weighted by molar-refractivity contribution is 9.10. The summed E-state index contributed by atoms with van der Waals surface area (Å²) >= 11 is 3.44. The second kappa shape index (κ2) is 14.7. The molecule has 4 aromatic rings. The number of para-hydroxylation sites is 2. The second-order valence-corrected chi connectivity index (χ2v) is 11.2. The summed E-state index contributed by atoms with van der Waals surface area (Å²) in [6.45, 7) is 1.43. The van der Waals surface area contributed by atoms with Crippen LogP contribution in [-0.4, -0.2) is 49.5 Å². The van der Waals surface area contributed by atoms with Gasteiger partial charge in [0.15, 0.2) is 0 Å². The fraction of sp³-hybridized carbons (Fsp3) is 0.229. The molecule has 0 saturated carbocycles. The SMILES string of the molecule is COC(=O)CC(NC(=O)c1cc(Br)ccc1OCCN1CCCC1=O)c1ccc(-c2ccccc2Oc2ccccc2)cc1. The van der Waals surface area contributed by atoms with Crippen LogP contribution in [-0.2, 0) is 14.3 Å². The zero-order valence-electron chi connectivity index (χ0n) is 24.3. The molecule has 44 heavy (non-hydrogen) atoms. The Morgan fingerprint density at radius 3 is 2.41 bits per heavy atom. The number of likely N-dealkylation sites (tertiary alicyclic amines) is 1. The van der Waals surface area contributed by atoms with Gasteiger partial charge in [-0.25, -0.2) is 0 Å². The molecule has 0 spiro atoms. The van der Waals surface area contributed by atoms with Gasteiger partial charge in [-0.3, -0.25) is 14.4 Å². The molecule has 5 rings (SSSR count). The minimum atomic E-state index is -0.658. The van der Waals surface area contributed by atoms with E-state index in [1.54, 1.807) is 23.1 Å². The summed E-state index contributed by atoms with van der Waals surface area (Å²) in [6.07, 6.45) is 1.35. The van der Waals surface area contributed by atoms with Gasteiger partial charge in [-0.15, -0.1) is 0 Å². The molecule has 1 unspecified atom stereocenters. The first-order valence-electron chi connectivity index (χ1n) is 14.4. The summed E-state index contributed by atoms with van der Waals surface area (Å²) in [5.41, 5.74) is 2.87. The van der Waals surface area contributed by atoms with Crippen molar-refractivity contribution < 1.29 is 28.6 Å². The zero-order chi connectivity index (χ0) is 30.9. The number of hydrogen-bond acceptors (Lipinski definition) is 6. The van der Waals surface area contributed by atoms with Crippen LogP contribution in [0.4, 0.5) is 0 Å². The van der Waals surface area contributed by atoms with E-state index in [1.807, 2.05) is 78.9 Å². The third-order valence-corrected chi connectivity index (χ3v) is 7.86. The van der Waals surface area contributed by atoms with Crippen LogP contribution in [0, 0.1) is 0 Å². The Labute approximate surface area is 265 Å². The molecular formula is C35H33BrN2O6. The van der Waals surface area contributed by atoms with E-state index in [0.717, 1.165) is 35.4 Å². The summed E-state index contributed by atoms with van der Waals surface area (Å²) in [7, 11) is 1.32. The Balaban J connectivity index is 1.34. The average Bonchev–Trinajstić information content (AvgIpc) is 3.46. The van der Waals surface area contributed by atoms with E-state index in [-0.39, 0.29) is 18.9 Å². The van der Waals surface area contributed by atoms with Gasteiger partial charge >= 0.3 is 5.97 Å². The molecule has 0 aromatic heterocycles. The van der Waals surface area contributed by atoms with Gasteiger partial charge < -0.3 is 24.4 Å². The fourth-order valence-corrected chi connectivity index (χ4v) is 5.42. The van der Waals surface area contributed by atoms with Crippen molar-refractivity contribution in [2.75, 3.05) is 26.8 Å². The molecule has 1 saturated heterocycles. The summed E-state index contributed by atoms with van der Waals surface area (Å²) in [5.74, 6) is 1.09. The molecule has 0 aliphatic carbocycles. The van der Waals surface area contributed by atoms with Crippen LogP contribution in [0.15, 0.2) is 102 Å². The summed E-state index contributed by atoms with van der Waals surface area (Å²) in [4.78, 5) is 39.7. The summed E-state index contributed by atoms with van der Waals surface area (Å²) < 4.78 is 17.7. The van der Waals surface area contributed by atoms with Crippen molar-refractivity contribution in [3.05, 3.63) is 113 Å². The Bertz CT molecular complexity index is 1610. The van der Waals surface area contributed by atoms with Gasteiger partial charge in [0.25, 0.3) is 5.91 Å². The van der Waals surface area contributed by atoms with Gasteiger partial charge in [0.1, 0.15) is 23.9 Å². The molecular weight excluding hydrogens is 624 g/mol. The Kier molecular flexibility index (Phi) is 10.3. The first-order valence-corrected chi connectivity index (χ1v) is 15.2. The van der Waals surface area contributed by atoms with Crippen LogP contribution < -0.4 is 14.8 Å². The Morgan fingerprint density at radius 2 is 1.68 bits per heavy atom. The molecule has 8 nitrogen and oxygen atoms in total. The van der Waals surface area contributed by atoms with Crippen LogP contribution in [0.3, 0.4) is 0 Å². The van der Waals surface area contributed by atoms with Crippen LogP contribution in [0.1, 0.15) is 41.2 Å². The molecule has 1 fully saturated rings. The maximum atomic E-state index is 13.6. The van der Waals surface area contributed by atoms with Crippen molar-refractivity contribution in [2.24, 2.45) is 0 Å². The number of esters is 1. The van der Waals surface area contributed by atoms with Crippen molar-refractivity contribution in [2.45, 2.75) is 25.3 Å². The summed E-state index contributed by atoms with van der Waals surface area (Å²) in [6, 6.07) is 29.5. The highest BCUT2D eigenvalue weighted by Gasteiger charge is 2.23. The number of nitrogens with zero attached hydrogens (tertiary/aromatic N) is 1. The molecule has 4 aromatic carbocycles. The maximum Gasteiger partial charge on any atom is 0.307 e. The minimum absolute atomic E-state index is 0.0590. The molecule has 0 radical (unpaired) electrons. The van der Waals surface area contributed by atoms with E-state index in [1.165, 1.54) is 7.11 Å². The second-order valence-electron chi connectivity index (χ2n) is 10.3. The number of halogens is 1. The number of methoxy groups -OCH3 is 1. The molecule has 0 bridgehead atoms. The van der Waals surface area contributed by atoms with Crippen molar-refractivity contribution in [1.82, 2.24) is 10.2 Å². The third kappa shape index (κ3) is 7.85. The lowest BCUT2D eigenvalue weighted by Crippen LogP contribution is -2.31. The molecule has 1 N–H and O–H groups in total. The number of benzene rings is 4. The summed E-state index contributed by atoms with van der Waals surface area (Å²) in [5, 5.41) is 2.99. The largest absolute Gasteiger partial charge is 0.491 e. The molecule has 1 aliphatic rings. The van der Waals surface area contributed by atoms with Crippen LogP contribution in [0.2, 0.25) is 0 Å². The lowest BCUT2D eigenvalue weighted by molar-refractivity contribution is -0.141. The van der Waals surface area contributed by atoms with Crippen molar-refractivity contribution in [3.63, 3.8) is 0 Å². The number of carbonyl (C=O) groups is 3. The molecule has 226 valence electrons. The lowest BCUT2D eigenvalue weighted by atomic mass is 9.98. The van der Waals surface area contributed by atoms with Gasteiger partial charge in [0.05, 0.1) is 31.7 Å². The Morgan fingerprint density at radius 1 is 0.932 bits per heavy atom. The smallest absolute Gasteiger partial charge is 0.307 e. The Hall–Kier alpha value is -4.63. The fourth-order valence-electron chi connectivity index (χ4n) is 5.05. The highest BCUT2D eigenvalue weighted by Crippen LogP contribution is 2.34. The molecule has 9 heteroatoms. The predicted molar refractivity (Wildman–Crippen MR) is 171 cm³/mol. The molecule has 1 heterocycles. The van der Waals surface area contributed by atoms with E-state index in [0.29, 0.717) is 34.5 Å². The van der Waals surface area contributed by atoms with Crippen LogP contribution >= 0.6 is 15.9 Å². The number of nitrogens with one attached hydrogen (secondary N) is 1. The van der Waals surface area contributed by atoms with Crippen molar-refractivity contribution in [1.29, 1.82) is 0 Å². The quantitative estimate of drug-likeness (QED) is 0.166. The standard InChI is InChI=1S/C35H33BrN2O6/c1-42-34(40)23-30(37-35(41)29-22-26(36)17-18-31(29)43-21-20-38-19-7-12-33(38)39)25-15-13-24(14-16-25)28-10-5-6-11-32(28)44-27-8-3-2-4-9-27/h2-6,8-11,13-18,22,30H,7,12,19-21,23H2,1H3,(H,37,41). The first kappa shape index (κ1) is 30.8. The zero-order valence-corrected chi connectivity index (χ0v) is 25.9. The van der Waals surface area contributed by atoms with E-state index in [4.69, 9.17) is 14.2 Å². The lowest BCUT2D eigenvalue weighted by Gasteiger charge is -2.21. The predicted octanol–water partition coefficient (Wildman–Crippen LogP) is 6.94. The number of carbonyl (C=O) groups excluding carboxylic acids is 3. The van der Waals surface area contributed by atoms with E-state index in [2.05, 4.69) is 21.2 Å². The van der Waals surface area contributed by atoms with Gasteiger partial charge in [-0.1, -0.05) is 76.6 Å². The van der Waals surface area contributed by atoms with Crippen LogP contribution in [0.25, 0.3) is 11.1 Å².